The van der Waals surface area contributed by atoms with E-state index in [2.05, 4.69) is 57.8 Å². The van der Waals surface area contributed by atoms with E-state index in [1.165, 1.54) is 12.0 Å². The molecule has 4 unspecified atom stereocenters. The van der Waals surface area contributed by atoms with Gasteiger partial charge in [-0.3, -0.25) is 9.59 Å². The Hall–Kier alpha value is -1.36. The van der Waals surface area contributed by atoms with Gasteiger partial charge in [-0.25, -0.2) is 0 Å². The highest BCUT2D eigenvalue weighted by Crippen LogP contribution is 2.37. The summed E-state index contributed by atoms with van der Waals surface area (Å²) in [4.78, 5) is 31.1. The molecule has 4 atom stereocenters. The number of allylic oxidation sites excluding steroid dienone is 2. The van der Waals surface area contributed by atoms with Gasteiger partial charge in [0, 0.05) is 26.2 Å². The van der Waals surface area contributed by atoms with Gasteiger partial charge in [-0.15, -0.1) is 0 Å². The predicted octanol–water partition coefficient (Wildman–Crippen LogP) is 3.84. The largest absolute Gasteiger partial charge is 0.342 e. The Kier molecular flexibility index (Phi) is 7.32. The van der Waals surface area contributed by atoms with E-state index in [1.807, 2.05) is 4.90 Å². The van der Waals surface area contributed by atoms with E-state index in [4.69, 9.17) is 0 Å². The SMILES string of the molecule is CCCN1C(=O)C(CC(C)C)NC(=O)C12CCN(CC1CC(C)=CC(C)C1C)CC2. The number of piperazine rings is 1. The molecule has 0 aromatic rings. The second-order valence-electron chi connectivity index (χ2n) is 10.7. The zero-order valence-electron chi connectivity index (χ0n) is 20.0. The van der Waals surface area contributed by atoms with Crippen LogP contribution in [0.1, 0.15) is 73.6 Å². The van der Waals surface area contributed by atoms with Crippen LogP contribution in [-0.2, 0) is 9.59 Å². The van der Waals surface area contributed by atoms with Crippen molar-refractivity contribution in [2.24, 2.45) is 23.7 Å². The van der Waals surface area contributed by atoms with Crippen molar-refractivity contribution < 1.29 is 9.59 Å². The molecule has 3 aliphatic rings. The van der Waals surface area contributed by atoms with Crippen LogP contribution in [0.2, 0.25) is 0 Å². The van der Waals surface area contributed by atoms with E-state index in [0.29, 0.717) is 30.2 Å². The number of likely N-dealkylation sites (tertiary alicyclic amines) is 1. The molecule has 0 saturated carbocycles. The fourth-order valence-electron chi connectivity index (χ4n) is 5.92. The molecule has 2 fully saturated rings. The maximum atomic E-state index is 13.3. The molecule has 5 heteroatoms. The Morgan fingerprint density at radius 2 is 1.87 bits per heavy atom. The molecular weight excluding hydrogens is 374 g/mol. The first kappa shape index (κ1) is 23.3. The second-order valence-corrected chi connectivity index (χ2v) is 10.7. The molecular formula is C25H43N3O2. The van der Waals surface area contributed by atoms with Crippen molar-refractivity contribution >= 4 is 11.8 Å². The topological polar surface area (TPSA) is 52.7 Å². The number of carbonyl (C=O) groups is 2. The summed E-state index contributed by atoms with van der Waals surface area (Å²) in [7, 11) is 0. The monoisotopic (exact) mass is 417 g/mol. The number of rotatable bonds is 6. The van der Waals surface area contributed by atoms with Gasteiger partial charge in [-0.2, -0.15) is 0 Å². The number of amides is 2. The lowest BCUT2D eigenvalue weighted by atomic mass is 9.74. The van der Waals surface area contributed by atoms with Crippen LogP contribution in [0, 0.1) is 23.7 Å². The minimum absolute atomic E-state index is 0.0827. The van der Waals surface area contributed by atoms with Gasteiger partial charge in [0.1, 0.15) is 11.6 Å². The summed E-state index contributed by atoms with van der Waals surface area (Å²) in [5.74, 6) is 2.62. The van der Waals surface area contributed by atoms with Crippen LogP contribution in [-0.4, -0.2) is 59.4 Å². The van der Waals surface area contributed by atoms with E-state index >= 15 is 0 Å². The van der Waals surface area contributed by atoms with Gasteiger partial charge < -0.3 is 15.1 Å². The zero-order chi connectivity index (χ0) is 22.1. The van der Waals surface area contributed by atoms with Crippen LogP contribution >= 0.6 is 0 Å². The van der Waals surface area contributed by atoms with Gasteiger partial charge in [0.2, 0.25) is 11.8 Å². The standard InChI is InChI=1S/C25H43N3O2/c1-7-10-28-23(29)22(13-17(2)3)26-24(30)25(28)8-11-27(12-9-25)16-21-15-18(4)14-19(5)20(21)6/h14,17,19-22H,7-13,15-16H2,1-6H3,(H,26,30). The molecule has 170 valence electrons. The molecule has 0 radical (unpaired) electrons. The highest BCUT2D eigenvalue weighted by molar-refractivity contribution is 6.00. The van der Waals surface area contributed by atoms with Crippen LogP contribution in [0.5, 0.6) is 0 Å². The van der Waals surface area contributed by atoms with Gasteiger partial charge >= 0.3 is 0 Å². The van der Waals surface area contributed by atoms with Crippen LogP contribution in [0.3, 0.4) is 0 Å². The van der Waals surface area contributed by atoms with E-state index < -0.39 is 5.54 Å². The summed E-state index contributed by atoms with van der Waals surface area (Å²) in [6.45, 7) is 16.9. The molecule has 30 heavy (non-hydrogen) atoms. The minimum atomic E-state index is -0.641. The van der Waals surface area contributed by atoms with Crippen molar-refractivity contribution in [1.29, 1.82) is 0 Å². The lowest BCUT2D eigenvalue weighted by Gasteiger charge is -2.52. The lowest BCUT2D eigenvalue weighted by molar-refractivity contribution is -0.161. The summed E-state index contributed by atoms with van der Waals surface area (Å²) in [5, 5.41) is 3.11. The first-order chi connectivity index (χ1) is 14.2. The number of piperidine rings is 1. The summed E-state index contributed by atoms with van der Waals surface area (Å²) in [5.41, 5.74) is 0.875. The van der Waals surface area contributed by atoms with Gasteiger partial charge in [-0.05, 0) is 62.7 Å². The molecule has 5 nitrogen and oxygen atoms in total. The molecule has 0 bridgehead atoms. The molecule has 0 aromatic heterocycles. The summed E-state index contributed by atoms with van der Waals surface area (Å²) in [6, 6.07) is -0.355. The number of nitrogens with zero attached hydrogens (tertiary/aromatic N) is 2. The fraction of sp³-hybridized carbons (Fsp3) is 0.840. The summed E-state index contributed by atoms with van der Waals surface area (Å²) < 4.78 is 0. The van der Waals surface area contributed by atoms with Crippen LogP contribution in [0.4, 0.5) is 0 Å². The normalized spacial score (nSPS) is 32.5. The number of carbonyl (C=O) groups excluding carboxylic acids is 2. The van der Waals surface area contributed by atoms with Crippen molar-refractivity contribution in [3.05, 3.63) is 11.6 Å². The van der Waals surface area contributed by atoms with Crippen molar-refractivity contribution in [2.45, 2.75) is 85.2 Å². The number of hydrogen-bond acceptors (Lipinski definition) is 3. The molecule has 2 aliphatic heterocycles. The van der Waals surface area contributed by atoms with E-state index in [0.717, 1.165) is 45.3 Å². The smallest absolute Gasteiger partial charge is 0.246 e. The Morgan fingerprint density at radius 3 is 2.47 bits per heavy atom. The van der Waals surface area contributed by atoms with Gasteiger partial charge in [0.25, 0.3) is 0 Å². The van der Waals surface area contributed by atoms with Crippen LogP contribution in [0.15, 0.2) is 11.6 Å². The van der Waals surface area contributed by atoms with Crippen molar-refractivity contribution in [2.75, 3.05) is 26.2 Å². The van der Waals surface area contributed by atoms with Crippen molar-refractivity contribution in [3.8, 4) is 0 Å². The fourth-order valence-corrected chi connectivity index (χ4v) is 5.92. The highest BCUT2D eigenvalue weighted by atomic mass is 16.2. The Morgan fingerprint density at radius 1 is 1.20 bits per heavy atom. The average Bonchev–Trinajstić information content (AvgIpc) is 2.68. The van der Waals surface area contributed by atoms with Crippen molar-refractivity contribution in [3.63, 3.8) is 0 Å². The van der Waals surface area contributed by atoms with Crippen LogP contribution in [0.25, 0.3) is 0 Å². The Balaban J connectivity index is 1.68. The average molecular weight is 418 g/mol. The molecule has 1 N–H and O–H groups in total. The lowest BCUT2D eigenvalue weighted by Crippen LogP contribution is -2.73. The quantitative estimate of drug-likeness (QED) is 0.668. The van der Waals surface area contributed by atoms with Gasteiger partial charge in [0.05, 0.1) is 0 Å². The third-order valence-corrected chi connectivity index (χ3v) is 7.84. The molecule has 1 spiro atoms. The second kappa shape index (κ2) is 9.42. The third kappa shape index (κ3) is 4.61. The zero-order valence-corrected chi connectivity index (χ0v) is 20.0. The van der Waals surface area contributed by atoms with Gasteiger partial charge in [-0.1, -0.05) is 46.3 Å². The molecule has 1 aliphatic carbocycles. The Bertz CT molecular complexity index is 663. The molecule has 2 heterocycles. The van der Waals surface area contributed by atoms with Crippen molar-refractivity contribution in [1.82, 2.24) is 15.1 Å². The Labute approximate surface area is 183 Å². The molecule has 2 amide bonds. The van der Waals surface area contributed by atoms with Crippen LogP contribution < -0.4 is 5.32 Å². The summed E-state index contributed by atoms with van der Waals surface area (Å²) in [6.07, 6.45) is 6.74. The third-order valence-electron chi connectivity index (χ3n) is 7.84. The predicted molar refractivity (Wildman–Crippen MR) is 122 cm³/mol. The van der Waals surface area contributed by atoms with E-state index in [1.54, 1.807) is 0 Å². The summed E-state index contributed by atoms with van der Waals surface area (Å²) >= 11 is 0. The molecule has 2 saturated heterocycles. The van der Waals surface area contributed by atoms with Gasteiger partial charge in [0.15, 0.2) is 0 Å². The van der Waals surface area contributed by atoms with E-state index in [9.17, 15) is 9.59 Å². The molecule has 3 rings (SSSR count). The minimum Gasteiger partial charge on any atom is -0.342 e. The number of hydrogen-bond donors (Lipinski definition) is 1. The highest BCUT2D eigenvalue weighted by Gasteiger charge is 2.53. The first-order valence-electron chi connectivity index (χ1n) is 12.2. The molecule has 0 aromatic carbocycles. The first-order valence-corrected chi connectivity index (χ1v) is 12.2. The van der Waals surface area contributed by atoms with E-state index in [-0.39, 0.29) is 17.9 Å². The maximum absolute atomic E-state index is 13.3. The number of nitrogens with one attached hydrogen (secondary N) is 1. The maximum Gasteiger partial charge on any atom is 0.246 e.